The molecule has 1 amide bonds. The standard InChI is InChI=1S/C28H21BrCl2N2O2/c1-16-11-22(24(15-32)17-3-7-20(30)8-4-17)25(31)14-26(16)33-28(34)13-23-21-9-6-19(29)12-18(21)5-10-27(23)35-2/h3-12,14,24H,13H2,1-2H3,(H,33,34). The summed E-state index contributed by atoms with van der Waals surface area (Å²) >= 11 is 16.1. The van der Waals surface area contributed by atoms with Crippen molar-refractivity contribution < 1.29 is 9.53 Å². The van der Waals surface area contributed by atoms with Crippen LogP contribution in [0, 0.1) is 18.3 Å². The summed E-state index contributed by atoms with van der Waals surface area (Å²) in [6.07, 6.45) is 0.131. The molecule has 0 saturated heterocycles. The van der Waals surface area contributed by atoms with Crippen molar-refractivity contribution in [3.8, 4) is 11.8 Å². The largest absolute Gasteiger partial charge is 0.496 e. The first kappa shape index (κ1) is 25.1. The number of amides is 1. The maximum atomic E-state index is 13.1. The van der Waals surface area contributed by atoms with E-state index in [1.807, 2.05) is 55.5 Å². The van der Waals surface area contributed by atoms with Crippen molar-refractivity contribution in [3.63, 3.8) is 0 Å². The minimum Gasteiger partial charge on any atom is -0.496 e. The Morgan fingerprint density at radius 3 is 2.51 bits per heavy atom. The van der Waals surface area contributed by atoms with Crippen LogP contribution < -0.4 is 10.1 Å². The lowest BCUT2D eigenvalue weighted by molar-refractivity contribution is -0.115. The molecule has 0 heterocycles. The first-order chi connectivity index (χ1) is 16.8. The van der Waals surface area contributed by atoms with Crippen molar-refractivity contribution >= 4 is 61.5 Å². The van der Waals surface area contributed by atoms with Gasteiger partial charge in [0.25, 0.3) is 0 Å². The normalized spacial score (nSPS) is 11.7. The topological polar surface area (TPSA) is 62.1 Å². The molecular formula is C28H21BrCl2N2O2. The molecule has 1 atom stereocenters. The summed E-state index contributed by atoms with van der Waals surface area (Å²) in [6.45, 7) is 1.88. The molecule has 4 aromatic carbocycles. The molecule has 176 valence electrons. The summed E-state index contributed by atoms with van der Waals surface area (Å²) in [6, 6.07) is 22.7. The number of rotatable bonds is 6. The minimum atomic E-state index is -0.553. The second kappa shape index (κ2) is 10.7. The van der Waals surface area contributed by atoms with Gasteiger partial charge in [-0.25, -0.2) is 0 Å². The Kier molecular flexibility index (Phi) is 7.66. The van der Waals surface area contributed by atoms with Gasteiger partial charge in [0.05, 0.1) is 25.5 Å². The van der Waals surface area contributed by atoms with Crippen LogP contribution in [0.3, 0.4) is 0 Å². The number of benzene rings is 4. The van der Waals surface area contributed by atoms with Gasteiger partial charge in [-0.1, -0.05) is 69.5 Å². The van der Waals surface area contributed by atoms with Gasteiger partial charge in [0.2, 0.25) is 5.91 Å². The van der Waals surface area contributed by atoms with Crippen molar-refractivity contribution in [2.45, 2.75) is 19.3 Å². The summed E-state index contributed by atoms with van der Waals surface area (Å²) in [5.74, 6) is -0.0949. The van der Waals surface area contributed by atoms with Crippen LogP contribution in [0.15, 0.2) is 71.2 Å². The number of aryl methyl sites for hydroxylation is 1. The maximum absolute atomic E-state index is 13.1. The SMILES string of the molecule is COc1ccc2cc(Br)ccc2c1CC(=O)Nc1cc(Cl)c(C(C#N)c2ccc(Cl)cc2)cc1C. The second-order valence-electron chi connectivity index (χ2n) is 8.14. The molecule has 0 aliphatic carbocycles. The Morgan fingerprint density at radius 1 is 1.09 bits per heavy atom. The molecule has 0 aliphatic rings. The molecule has 1 unspecified atom stereocenters. The van der Waals surface area contributed by atoms with Crippen LogP contribution in [0.1, 0.15) is 28.2 Å². The van der Waals surface area contributed by atoms with E-state index in [2.05, 4.69) is 27.3 Å². The van der Waals surface area contributed by atoms with Crippen LogP contribution in [0.4, 0.5) is 5.69 Å². The summed E-state index contributed by atoms with van der Waals surface area (Å²) < 4.78 is 6.49. The highest BCUT2D eigenvalue weighted by Crippen LogP contribution is 2.35. The number of halogens is 3. The fourth-order valence-corrected chi connectivity index (χ4v) is 4.89. The van der Waals surface area contributed by atoms with E-state index < -0.39 is 5.92 Å². The molecule has 4 nitrogen and oxygen atoms in total. The van der Waals surface area contributed by atoms with E-state index in [1.165, 1.54) is 0 Å². The van der Waals surface area contributed by atoms with E-state index in [0.29, 0.717) is 27.0 Å². The Hall–Kier alpha value is -3.04. The molecule has 0 saturated carbocycles. The maximum Gasteiger partial charge on any atom is 0.228 e. The Labute approximate surface area is 222 Å². The van der Waals surface area contributed by atoms with Gasteiger partial charge in [0, 0.05) is 25.8 Å². The third kappa shape index (κ3) is 5.46. The zero-order chi connectivity index (χ0) is 25.1. The van der Waals surface area contributed by atoms with Gasteiger partial charge in [-0.05, 0) is 70.8 Å². The molecule has 0 radical (unpaired) electrons. The van der Waals surface area contributed by atoms with Crippen molar-refractivity contribution in [2.24, 2.45) is 0 Å². The first-order valence-corrected chi connectivity index (χ1v) is 12.4. The van der Waals surface area contributed by atoms with Crippen LogP contribution >= 0.6 is 39.1 Å². The molecule has 4 rings (SSSR count). The second-order valence-corrected chi connectivity index (χ2v) is 9.90. The van der Waals surface area contributed by atoms with Gasteiger partial charge < -0.3 is 10.1 Å². The molecule has 4 aromatic rings. The molecule has 7 heteroatoms. The van der Waals surface area contributed by atoms with Crippen molar-refractivity contribution in [1.29, 1.82) is 5.26 Å². The zero-order valence-electron chi connectivity index (χ0n) is 19.0. The molecule has 0 bridgehead atoms. The molecule has 1 N–H and O–H groups in total. The van der Waals surface area contributed by atoms with Gasteiger partial charge >= 0.3 is 0 Å². The first-order valence-electron chi connectivity index (χ1n) is 10.8. The van der Waals surface area contributed by atoms with Gasteiger partial charge in [-0.2, -0.15) is 5.26 Å². The molecule has 0 aromatic heterocycles. The summed E-state index contributed by atoms with van der Waals surface area (Å²) in [5.41, 5.74) is 3.68. The third-order valence-electron chi connectivity index (χ3n) is 5.87. The van der Waals surface area contributed by atoms with E-state index in [0.717, 1.165) is 31.9 Å². The number of nitrogens with one attached hydrogen (secondary N) is 1. The van der Waals surface area contributed by atoms with Crippen LogP contribution in [-0.4, -0.2) is 13.0 Å². The number of methoxy groups -OCH3 is 1. The fraction of sp³-hybridized carbons (Fsp3) is 0.143. The van der Waals surface area contributed by atoms with E-state index >= 15 is 0 Å². The lowest BCUT2D eigenvalue weighted by atomic mass is 9.91. The van der Waals surface area contributed by atoms with Gasteiger partial charge in [0.15, 0.2) is 0 Å². The Balaban J connectivity index is 1.61. The predicted octanol–water partition coefficient (Wildman–Crippen LogP) is 8.06. The summed E-state index contributed by atoms with van der Waals surface area (Å²) in [7, 11) is 1.59. The average Bonchev–Trinajstić information content (AvgIpc) is 2.83. The number of anilines is 1. The van der Waals surface area contributed by atoms with Gasteiger partial charge in [-0.3, -0.25) is 4.79 Å². The number of nitriles is 1. The van der Waals surface area contributed by atoms with Crippen LogP contribution in [0.2, 0.25) is 10.0 Å². The number of hydrogen-bond donors (Lipinski definition) is 1. The molecule has 0 fully saturated rings. The molecule has 0 aliphatic heterocycles. The summed E-state index contributed by atoms with van der Waals surface area (Å²) in [4.78, 5) is 13.1. The number of hydrogen-bond acceptors (Lipinski definition) is 3. The van der Waals surface area contributed by atoms with Crippen LogP contribution in [-0.2, 0) is 11.2 Å². The molecule has 35 heavy (non-hydrogen) atoms. The number of fused-ring (bicyclic) bond motifs is 1. The number of nitrogens with zero attached hydrogens (tertiary/aromatic N) is 1. The fourth-order valence-electron chi connectivity index (χ4n) is 4.11. The lowest BCUT2D eigenvalue weighted by Crippen LogP contribution is -2.16. The highest BCUT2D eigenvalue weighted by molar-refractivity contribution is 9.10. The van der Waals surface area contributed by atoms with Gasteiger partial charge in [-0.15, -0.1) is 0 Å². The smallest absolute Gasteiger partial charge is 0.228 e. The molecular weight excluding hydrogens is 547 g/mol. The monoisotopic (exact) mass is 566 g/mol. The zero-order valence-corrected chi connectivity index (χ0v) is 22.1. The Morgan fingerprint density at radius 2 is 1.83 bits per heavy atom. The third-order valence-corrected chi connectivity index (χ3v) is 6.94. The van der Waals surface area contributed by atoms with Crippen molar-refractivity contribution in [2.75, 3.05) is 12.4 Å². The molecule has 0 spiro atoms. The van der Waals surface area contributed by atoms with E-state index in [9.17, 15) is 10.1 Å². The Bertz CT molecular complexity index is 1460. The number of carbonyl (C=O) groups is 1. The summed E-state index contributed by atoms with van der Waals surface area (Å²) in [5, 5.41) is 15.8. The number of carbonyl (C=O) groups excluding carboxylic acids is 1. The van der Waals surface area contributed by atoms with E-state index in [4.69, 9.17) is 27.9 Å². The van der Waals surface area contributed by atoms with Gasteiger partial charge in [0.1, 0.15) is 5.75 Å². The van der Waals surface area contributed by atoms with Crippen LogP contribution in [0.5, 0.6) is 5.75 Å². The van der Waals surface area contributed by atoms with Crippen molar-refractivity contribution in [1.82, 2.24) is 0 Å². The van der Waals surface area contributed by atoms with Crippen LogP contribution in [0.25, 0.3) is 10.8 Å². The number of ether oxygens (including phenoxy) is 1. The average molecular weight is 568 g/mol. The highest BCUT2D eigenvalue weighted by atomic mass is 79.9. The minimum absolute atomic E-state index is 0.131. The quantitative estimate of drug-likeness (QED) is 0.256. The van der Waals surface area contributed by atoms with E-state index in [1.54, 1.807) is 25.3 Å². The van der Waals surface area contributed by atoms with E-state index in [-0.39, 0.29) is 12.3 Å². The lowest BCUT2D eigenvalue weighted by Gasteiger charge is -2.17. The highest BCUT2D eigenvalue weighted by Gasteiger charge is 2.20. The predicted molar refractivity (Wildman–Crippen MR) is 146 cm³/mol. The van der Waals surface area contributed by atoms with Crippen molar-refractivity contribution in [3.05, 3.63) is 104 Å².